The first-order valence-electron chi connectivity index (χ1n) is 9.01. The van der Waals surface area contributed by atoms with Crippen LogP contribution in [0.3, 0.4) is 0 Å². The molecule has 1 heterocycles. The lowest BCUT2D eigenvalue weighted by Gasteiger charge is -2.34. The molecule has 0 spiro atoms. The van der Waals surface area contributed by atoms with Gasteiger partial charge in [-0.15, -0.1) is 0 Å². The number of rotatable bonds is 6. The Labute approximate surface area is 146 Å². The van der Waals surface area contributed by atoms with Crippen molar-refractivity contribution < 1.29 is 4.79 Å². The minimum absolute atomic E-state index is 0.121. The average molecular weight is 340 g/mol. The number of urea groups is 1. The zero-order valence-corrected chi connectivity index (χ0v) is 15.8. The van der Waals surface area contributed by atoms with Crippen LogP contribution >= 0.6 is 11.8 Å². The van der Waals surface area contributed by atoms with Crippen LogP contribution in [0.5, 0.6) is 0 Å². The largest absolute Gasteiger partial charge is 0.335 e. The molecule has 2 aliphatic rings. The third kappa shape index (κ3) is 5.71. The van der Waals surface area contributed by atoms with Crippen molar-refractivity contribution in [1.29, 1.82) is 0 Å². The van der Waals surface area contributed by atoms with Crippen molar-refractivity contribution in [3.8, 4) is 0 Å². The van der Waals surface area contributed by atoms with Crippen molar-refractivity contribution in [1.82, 2.24) is 15.1 Å². The summed E-state index contributed by atoms with van der Waals surface area (Å²) >= 11 is 2.04. The van der Waals surface area contributed by atoms with E-state index in [0.29, 0.717) is 12.1 Å². The fourth-order valence-electron chi connectivity index (χ4n) is 3.72. The SMILES string of the molecule is C=C(C)CN1CCC(NC(=O)N(C)[C@H]2CC[C@H](SCC)C2)CC1. The molecule has 1 aliphatic carbocycles. The molecule has 5 heteroatoms. The van der Waals surface area contributed by atoms with Crippen LogP contribution in [0, 0.1) is 0 Å². The minimum atomic E-state index is 0.121. The van der Waals surface area contributed by atoms with Crippen LogP contribution < -0.4 is 5.32 Å². The highest BCUT2D eigenvalue weighted by atomic mass is 32.2. The van der Waals surface area contributed by atoms with Crippen molar-refractivity contribution in [2.24, 2.45) is 0 Å². The van der Waals surface area contributed by atoms with Gasteiger partial charge in [0.25, 0.3) is 0 Å². The van der Waals surface area contributed by atoms with Crippen molar-refractivity contribution in [2.45, 2.75) is 63.3 Å². The Kier molecular flexibility index (Phi) is 7.28. The Bertz CT molecular complexity index is 407. The Morgan fingerprint density at radius 3 is 2.61 bits per heavy atom. The normalized spacial score (nSPS) is 26.2. The molecule has 1 saturated heterocycles. The Morgan fingerprint density at radius 1 is 1.30 bits per heavy atom. The van der Waals surface area contributed by atoms with Gasteiger partial charge in [-0.3, -0.25) is 4.90 Å². The Morgan fingerprint density at radius 2 is 2.00 bits per heavy atom. The number of thioether (sulfide) groups is 1. The second-order valence-corrected chi connectivity index (χ2v) is 8.69. The highest BCUT2D eigenvalue weighted by molar-refractivity contribution is 7.99. The molecule has 1 N–H and O–H groups in total. The first-order chi connectivity index (χ1) is 11.0. The highest BCUT2D eigenvalue weighted by Gasteiger charge is 2.31. The monoisotopic (exact) mass is 339 g/mol. The summed E-state index contributed by atoms with van der Waals surface area (Å²) in [5.74, 6) is 1.18. The molecule has 0 aromatic rings. The molecule has 0 unspecified atom stereocenters. The number of hydrogen-bond donors (Lipinski definition) is 1. The lowest BCUT2D eigenvalue weighted by atomic mass is 10.0. The first-order valence-corrected chi connectivity index (χ1v) is 10.1. The van der Waals surface area contributed by atoms with Gasteiger partial charge in [-0.05, 0) is 44.8 Å². The highest BCUT2D eigenvalue weighted by Crippen LogP contribution is 2.32. The fourth-order valence-corrected chi connectivity index (χ4v) is 4.85. The van der Waals surface area contributed by atoms with E-state index >= 15 is 0 Å². The van der Waals surface area contributed by atoms with Gasteiger partial charge in [0.1, 0.15) is 0 Å². The van der Waals surface area contributed by atoms with Crippen LogP contribution in [0.2, 0.25) is 0 Å². The summed E-state index contributed by atoms with van der Waals surface area (Å²) in [5, 5.41) is 3.99. The van der Waals surface area contributed by atoms with Gasteiger partial charge in [0, 0.05) is 44.0 Å². The molecule has 2 atom stereocenters. The molecular weight excluding hydrogens is 306 g/mol. The van der Waals surface area contributed by atoms with Crippen LogP contribution in [0.25, 0.3) is 0 Å². The maximum atomic E-state index is 12.5. The molecule has 2 amide bonds. The number of nitrogens with zero attached hydrogens (tertiary/aromatic N) is 2. The number of piperidine rings is 1. The number of hydrogen-bond acceptors (Lipinski definition) is 3. The van der Waals surface area contributed by atoms with Crippen molar-refractivity contribution in [2.75, 3.05) is 32.4 Å². The predicted octanol–water partition coefficient (Wildman–Crippen LogP) is 3.34. The van der Waals surface area contributed by atoms with Gasteiger partial charge in [-0.25, -0.2) is 4.79 Å². The average Bonchev–Trinajstić information content (AvgIpc) is 2.97. The summed E-state index contributed by atoms with van der Waals surface area (Å²) in [6.45, 7) is 11.4. The van der Waals surface area contributed by atoms with Crippen LogP contribution in [-0.2, 0) is 0 Å². The first kappa shape index (κ1) is 18.7. The molecule has 23 heavy (non-hydrogen) atoms. The Hall–Kier alpha value is -0.680. The molecule has 0 aromatic heterocycles. The summed E-state index contributed by atoms with van der Waals surface area (Å²) in [6, 6.07) is 0.867. The van der Waals surface area contributed by atoms with Gasteiger partial charge in [0.2, 0.25) is 0 Å². The van der Waals surface area contributed by atoms with Gasteiger partial charge >= 0.3 is 6.03 Å². The van der Waals surface area contributed by atoms with Crippen LogP contribution in [0.4, 0.5) is 4.79 Å². The number of carbonyl (C=O) groups excluding carboxylic acids is 1. The maximum Gasteiger partial charge on any atom is 0.317 e. The lowest BCUT2D eigenvalue weighted by molar-refractivity contribution is 0.171. The standard InChI is InChI=1S/C18H33N3OS/c1-5-23-17-7-6-16(12-17)20(4)18(22)19-15-8-10-21(11-9-15)13-14(2)3/h15-17H,2,5-13H2,1,3-4H3,(H,19,22)/t16-,17-/m0/s1. The summed E-state index contributed by atoms with van der Waals surface area (Å²) < 4.78 is 0. The number of nitrogens with one attached hydrogen (secondary N) is 1. The molecule has 0 bridgehead atoms. The molecule has 2 rings (SSSR count). The van der Waals surface area contributed by atoms with E-state index in [1.54, 1.807) is 0 Å². The predicted molar refractivity (Wildman–Crippen MR) is 100 cm³/mol. The van der Waals surface area contributed by atoms with Crippen LogP contribution in [-0.4, -0.2) is 65.6 Å². The number of likely N-dealkylation sites (tertiary alicyclic amines) is 1. The van der Waals surface area contributed by atoms with E-state index < -0.39 is 0 Å². The third-order valence-electron chi connectivity index (χ3n) is 5.04. The van der Waals surface area contributed by atoms with E-state index in [-0.39, 0.29) is 6.03 Å². The van der Waals surface area contributed by atoms with Crippen molar-refractivity contribution >= 4 is 17.8 Å². The molecule has 1 aliphatic heterocycles. The van der Waals surface area contributed by atoms with Gasteiger partial charge < -0.3 is 10.2 Å². The number of carbonyl (C=O) groups is 1. The Balaban J connectivity index is 1.71. The lowest BCUT2D eigenvalue weighted by Crippen LogP contribution is -2.50. The second-order valence-electron chi connectivity index (χ2n) is 7.11. The van der Waals surface area contributed by atoms with Crippen LogP contribution in [0.15, 0.2) is 12.2 Å². The summed E-state index contributed by atoms with van der Waals surface area (Å²) in [7, 11) is 1.97. The van der Waals surface area contributed by atoms with Gasteiger partial charge in [0.15, 0.2) is 0 Å². The fraction of sp³-hybridized carbons (Fsp3) is 0.833. The van der Waals surface area contributed by atoms with Crippen molar-refractivity contribution in [3.05, 3.63) is 12.2 Å². The van der Waals surface area contributed by atoms with E-state index in [4.69, 9.17) is 0 Å². The summed E-state index contributed by atoms with van der Waals surface area (Å²) in [6.07, 6.45) is 5.65. The number of amides is 2. The van der Waals surface area contributed by atoms with Crippen LogP contribution in [0.1, 0.15) is 46.0 Å². The maximum absolute atomic E-state index is 12.5. The molecule has 4 nitrogen and oxygen atoms in total. The van der Waals surface area contributed by atoms with E-state index in [2.05, 4.69) is 30.6 Å². The van der Waals surface area contributed by atoms with E-state index in [1.807, 2.05) is 23.7 Å². The van der Waals surface area contributed by atoms with Gasteiger partial charge in [0.05, 0.1) is 0 Å². The quantitative estimate of drug-likeness (QED) is 0.754. The molecular formula is C18H33N3OS. The zero-order valence-electron chi connectivity index (χ0n) is 15.0. The van der Waals surface area contributed by atoms with Gasteiger partial charge in [-0.1, -0.05) is 19.1 Å². The molecule has 1 saturated carbocycles. The van der Waals surface area contributed by atoms with E-state index in [0.717, 1.165) is 50.6 Å². The topological polar surface area (TPSA) is 35.6 Å². The summed E-state index contributed by atoms with van der Waals surface area (Å²) in [4.78, 5) is 16.9. The van der Waals surface area contributed by atoms with Crippen molar-refractivity contribution in [3.63, 3.8) is 0 Å². The van der Waals surface area contributed by atoms with Gasteiger partial charge in [-0.2, -0.15) is 11.8 Å². The third-order valence-corrected chi connectivity index (χ3v) is 6.27. The molecule has 0 radical (unpaired) electrons. The molecule has 0 aromatic carbocycles. The molecule has 132 valence electrons. The summed E-state index contributed by atoms with van der Waals surface area (Å²) in [5.41, 5.74) is 1.22. The second kappa shape index (κ2) is 8.97. The minimum Gasteiger partial charge on any atom is -0.335 e. The van der Waals surface area contributed by atoms with E-state index in [9.17, 15) is 4.79 Å². The zero-order chi connectivity index (χ0) is 16.8. The van der Waals surface area contributed by atoms with E-state index in [1.165, 1.54) is 17.7 Å². The molecule has 2 fully saturated rings. The smallest absolute Gasteiger partial charge is 0.317 e.